The highest BCUT2D eigenvalue weighted by Gasteiger charge is 2.20. The molecular weight excluding hydrogens is 331 g/mol. The lowest BCUT2D eigenvalue weighted by molar-refractivity contribution is 0.101. The molecule has 4 nitrogen and oxygen atoms in total. The van der Waals surface area contributed by atoms with Crippen molar-refractivity contribution in [2.75, 3.05) is 13.7 Å². The highest BCUT2D eigenvalue weighted by atomic mass is 32.1. The minimum atomic E-state index is -0.400. The molecule has 3 aromatic rings. The van der Waals surface area contributed by atoms with E-state index in [2.05, 4.69) is 0 Å². The number of rotatable bonds is 6. The fourth-order valence-electron chi connectivity index (χ4n) is 2.46. The number of carbonyl (C=O) groups is 1. The molecule has 0 radical (unpaired) electrons. The van der Waals surface area contributed by atoms with Crippen molar-refractivity contribution in [1.29, 1.82) is 0 Å². The first-order chi connectivity index (χ1) is 11.6. The van der Waals surface area contributed by atoms with Gasteiger partial charge >= 0.3 is 0 Å². The number of thiophene rings is 1. The van der Waals surface area contributed by atoms with Crippen molar-refractivity contribution in [2.24, 2.45) is 0 Å². The van der Waals surface area contributed by atoms with Crippen molar-refractivity contribution in [3.63, 3.8) is 0 Å². The number of benzene rings is 1. The number of aliphatic hydroxyl groups is 1. The number of hydrogen-bond acceptors (Lipinski definition) is 5. The lowest BCUT2D eigenvalue weighted by Crippen LogP contribution is -1.96. The van der Waals surface area contributed by atoms with Gasteiger partial charge in [0.15, 0.2) is 5.76 Å². The van der Waals surface area contributed by atoms with E-state index in [1.807, 2.05) is 0 Å². The number of halogens is 1. The summed E-state index contributed by atoms with van der Waals surface area (Å²) in [5.74, 6) is 0.0109. The summed E-state index contributed by atoms with van der Waals surface area (Å²) < 4.78 is 23.8. The van der Waals surface area contributed by atoms with E-state index in [0.717, 1.165) is 10.4 Å². The van der Waals surface area contributed by atoms with Crippen LogP contribution in [0.1, 0.15) is 21.0 Å². The molecule has 0 bridgehead atoms. The number of ketones is 1. The predicted molar refractivity (Wildman–Crippen MR) is 89.2 cm³/mol. The standard InChI is InChI=1S/C18H15FO4S/c1-22-15-10-12(19)4-5-13(15)18-11(6-7-20)9-16(24-18)17(21)14-3-2-8-23-14/h2-5,8-10,20H,6-7H2,1H3. The minimum absolute atomic E-state index is 0.0539. The topological polar surface area (TPSA) is 59.7 Å². The highest BCUT2D eigenvalue weighted by Crippen LogP contribution is 2.39. The van der Waals surface area contributed by atoms with Gasteiger partial charge in [-0.25, -0.2) is 4.39 Å². The summed E-state index contributed by atoms with van der Waals surface area (Å²) in [6.07, 6.45) is 1.83. The second-order valence-electron chi connectivity index (χ2n) is 5.09. The van der Waals surface area contributed by atoms with Crippen LogP contribution >= 0.6 is 11.3 Å². The third-order valence-corrected chi connectivity index (χ3v) is 4.78. The maximum absolute atomic E-state index is 13.4. The summed E-state index contributed by atoms with van der Waals surface area (Å²) in [6, 6.07) is 9.25. The molecule has 0 aliphatic heterocycles. The van der Waals surface area contributed by atoms with Crippen LogP contribution in [0.2, 0.25) is 0 Å². The molecule has 6 heteroatoms. The van der Waals surface area contributed by atoms with Gasteiger partial charge in [0.05, 0.1) is 18.3 Å². The molecule has 0 spiro atoms. The summed E-state index contributed by atoms with van der Waals surface area (Å²) in [5, 5.41) is 9.30. The van der Waals surface area contributed by atoms with Crippen molar-refractivity contribution >= 4 is 17.1 Å². The second kappa shape index (κ2) is 6.98. The van der Waals surface area contributed by atoms with Crippen LogP contribution in [0.3, 0.4) is 0 Å². The van der Waals surface area contributed by atoms with E-state index < -0.39 is 5.82 Å². The van der Waals surface area contributed by atoms with Crippen LogP contribution in [0, 0.1) is 5.82 Å². The lowest BCUT2D eigenvalue weighted by atomic mass is 10.1. The fourth-order valence-corrected chi connectivity index (χ4v) is 3.64. The fraction of sp³-hybridized carbons (Fsp3) is 0.167. The molecule has 0 saturated heterocycles. The first-order valence-electron chi connectivity index (χ1n) is 7.29. The number of furan rings is 1. The number of ether oxygens (including phenoxy) is 1. The maximum atomic E-state index is 13.4. The monoisotopic (exact) mass is 346 g/mol. The maximum Gasteiger partial charge on any atom is 0.238 e. The Morgan fingerprint density at radius 1 is 1.33 bits per heavy atom. The van der Waals surface area contributed by atoms with E-state index in [4.69, 9.17) is 9.15 Å². The quantitative estimate of drug-likeness (QED) is 0.687. The third-order valence-electron chi connectivity index (χ3n) is 3.57. The zero-order valence-electron chi connectivity index (χ0n) is 12.9. The average Bonchev–Trinajstić information content (AvgIpc) is 3.24. The van der Waals surface area contributed by atoms with Gasteiger partial charge in [0.2, 0.25) is 5.78 Å². The molecule has 1 aromatic carbocycles. The van der Waals surface area contributed by atoms with Gasteiger partial charge < -0.3 is 14.3 Å². The van der Waals surface area contributed by atoms with Crippen molar-refractivity contribution in [3.8, 4) is 16.2 Å². The van der Waals surface area contributed by atoms with Gasteiger partial charge in [-0.3, -0.25) is 4.79 Å². The molecule has 124 valence electrons. The molecular formula is C18H15FO4S. The molecule has 0 aliphatic carbocycles. The van der Waals surface area contributed by atoms with Gasteiger partial charge in [0.1, 0.15) is 11.6 Å². The van der Waals surface area contributed by atoms with E-state index in [0.29, 0.717) is 22.6 Å². The van der Waals surface area contributed by atoms with Crippen molar-refractivity contribution in [3.05, 3.63) is 64.7 Å². The Hall–Kier alpha value is -2.44. The van der Waals surface area contributed by atoms with E-state index in [-0.39, 0.29) is 18.2 Å². The molecule has 0 aliphatic rings. The number of carbonyl (C=O) groups excluding carboxylic acids is 1. The largest absolute Gasteiger partial charge is 0.496 e. The molecule has 0 unspecified atom stereocenters. The molecule has 1 N–H and O–H groups in total. The molecule has 0 amide bonds. The van der Waals surface area contributed by atoms with Gasteiger partial charge in [-0.2, -0.15) is 0 Å². The van der Waals surface area contributed by atoms with Gasteiger partial charge in [-0.15, -0.1) is 11.3 Å². The van der Waals surface area contributed by atoms with Gasteiger partial charge in [-0.1, -0.05) is 0 Å². The number of hydrogen-bond donors (Lipinski definition) is 1. The lowest BCUT2D eigenvalue weighted by Gasteiger charge is -2.08. The van der Waals surface area contributed by atoms with Crippen LogP contribution in [0.15, 0.2) is 47.1 Å². The van der Waals surface area contributed by atoms with Crippen LogP contribution in [-0.4, -0.2) is 24.6 Å². The summed E-state index contributed by atoms with van der Waals surface area (Å²) >= 11 is 1.27. The van der Waals surface area contributed by atoms with Gasteiger partial charge in [0.25, 0.3) is 0 Å². The Kier molecular flexibility index (Phi) is 4.78. The Morgan fingerprint density at radius 3 is 2.83 bits per heavy atom. The summed E-state index contributed by atoms with van der Waals surface area (Å²) in [4.78, 5) is 13.7. The van der Waals surface area contributed by atoms with Crippen LogP contribution < -0.4 is 4.74 Å². The van der Waals surface area contributed by atoms with Crippen molar-refractivity contribution in [2.45, 2.75) is 6.42 Å². The van der Waals surface area contributed by atoms with Gasteiger partial charge in [-0.05, 0) is 42.3 Å². The van der Waals surface area contributed by atoms with E-state index in [9.17, 15) is 14.3 Å². The molecule has 2 heterocycles. The van der Waals surface area contributed by atoms with Gasteiger partial charge in [0, 0.05) is 23.1 Å². The zero-order chi connectivity index (χ0) is 17.1. The Bertz CT molecular complexity index is 852. The summed E-state index contributed by atoms with van der Waals surface area (Å²) in [5.41, 5.74) is 1.49. The van der Waals surface area contributed by atoms with Crippen LogP contribution in [0.5, 0.6) is 5.75 Å². The smallest absolute Gasteiger partial charge is 0.238 e. The minimum Gasteiger partial charge on any atom is -0.496 e. The SMILES string of the molecule is COc1cc(F)ccc1-c1sc(C(=O)c2ccco2)cc1CCO. The predicted octanol–water partition coefficient (Wildman–Crippen LogP) is 3.92. The Labute approximate surface area is 142 Å². The highest BCUT2D eigenvalue weighted by molar-refractivity contribution is 7.17. The van der Waals surface area contributed by atoms with Crippen LogP contribution in [-0.2, 0) is 6.42 Å². The average molecular weight is 346 g/mol. The summed E-state index contributed by atoms with van der Waals surface area (Å²) in [6.45, 7) is -0.0539. The Balaban J connectivity index is 2.09. The van der Waals surface area contributed by atoms with Crippen LogP contribution in [0.25, 0.3) is 10.4 Å². The van der Waals surface area contributed by atoms with Crippen molar-refractivity contribution < 1.29 is 23.4 Å². The van der Waals surface area contributed by atoms with Crippen molar-refractivity contribution in [1.82, 2.24) is 0 Å². The molecule has 24 heavy (non-hydrogen) atoms. The van der Waals surface area contributed by atoms with Crippen LogP contribution in [0.4, 0.5) is 4.39 Å². The van der Waals surface area contributed by atoms with E-state index in [1.54, 1.807) is 24.3 Å². The molecule has 0 fully saturated rings. The first-order valence-corrected chi connectivity index (χ1v) is 8.11. The zero-order valence-corrected chi connectivity index (χ0v) is 13.7. The molecule has 0 saturated carbocycles. The molecule has 3 rings (SSSR count). The first kappa shape index (κ1) is 16.4. The summed E-state index contributed by atoms with van der Waals surface area (Å²) in [7, 11) is 1.46. The third kappa shape index (κ3) is 3.11. The second-order valence-corrected chi connectivity index (χ2v) is 6.14. The molecule has 2 aromatic heterocycles. The number of aliphatic hydroxyl groups excluding tert-OH is 1. The van der Waals surface area contributed by atoms with E-state index in [1.165, 1.54) is 36.8 Å². The molecule has 0 atom stereocenters. The normalized spacial score (nSPS) is 10.8. The Morgan fingerprint density at radius 2 is 2.17 bits per heavy atom. The number of methoxy groups -OCH3 is 1. The van der Waals surface area contributed by atoms with E-state index >= 15 is 0 Å².